The van der Waals surface area contributed by atoms with Gasteiger partial charge in [0.25, 0.3) is 0 Å². The molecule has 0 saturated carbocycles. The molecule has 6 nitrogen and oxygen atoms in total. The predicted molar refractivity (Wildman–Crippen MR) is 81.6 cm³/mol. The molecule has 0 spiro atoms. The first-order valence-corrected chi connectivity index (χ1v) is 7.78. The van der Waals surface area contributed by atoms with E-state index in [2.05, 4.69) is 4.98 Å². The van der Waals surface area contributed by atoms with Gasteiger partial charge in [-0.2, -0.15) is 0 Å². The number of aromatic nitrogens is 1. The highest BCUT2D eigenvalue weighted by atomic mass is 16.6. The molecule has 2 amide bonds. The van der Waals surface area contributed by atoms with E-state index in [-0.39, 0.29) is 12.0 Å². The van der Waals surface area contributed by atoms with E-state index in [9.17, 15) is 9.59 Å². The van der Waals surface area contributed by atoms with E-state index >= 15 is 0 Å². The Morgan fingerprint density at radius 2 is 2.14 bits per heavy atom. The van der Waals surface area contributed by atoms with Gasteiger partial charge in [0.1, 0.15) is 12.4 Å². The number of ether oxygens (including phenoxy) is 1. The Labute approximate surface area is 130 Å². The number of nitrogens with zero attached hydrogens (tertiary/aromatic N) is 3. The van der Waals surface area contributed by atoms with Crippen LogP contribution in [0.2, 0.25) is 0 Å². The van der Waals surface area contributed by atoms with Crippen LogP contribution in [0, 0.1) is 5.92 Å². The normalized spacial score (nSPS) is 19.4. The minimum absolute atomic E-state index is 0.164. The zero-order valence-electron chi connectivity index (χ0n) is 12.8. The standard InChI is InChI=1S/C16H21N3O3/c1-12(20)18-6-3-13(4-7-18)10-14-2-5-17-15(11-14)19-8-9-22-16(19)21/h2,5,11,13H,3-4,6-10H2,1H3. The molecule has 118 valence electrons. The number of pyridine rings is 1. The number of rotatable bonds is 3. The topological polar surface area (TPSA) is 62.7 Å². The number of piperidine rings is 1. The van der Waals surface area contributed by atoms with Crippen LogP contribution in [-0.2, 0) is 16.0 Å². The van der Waals surface area contributed by atoms with E-state index < -0.39 is 0 Å². The van der Waals surface area contributed by atoms with Crippen molar-refractivity contribution in [3.8, 4) is 0 Å². The highest BCUT2D eigenvalue weighted by molar-refractivity contribution is 5.88. The van der Waals surface area contributed by atoms with E-state index in [0.717, 1.165) is 32.4 Å². The summed E-state index contributed by atoms with van der Waals surface area (Å²) < 4.78 is 4.95. The zero-order chi connectivity index (χ0) is 15.5. The van der Waals surface area contributed by atoms with Gasteiger partial charge in [0.15, 0.2) is 0 Å². The van der Waals surface area contributed by atoms with Crippen LogP contribution in [0.25, 0.3) is 0 Å². The smallest absolute Gasteiger partial charge is 0.415 e. The molecule has 22 heavy (non-hydrogen) atoms. The summed E-state index contributed by atoms with van der Waals surface area (Å²) in [4.78, 5) is 30.7. The minimum atomic E-state index is -0.320. The Morgan fingerprint density at radius 3 is 2.77 bits per heavy atom. The van der Waals surface area contributed by atoms with Crippen molar-refractivity contribution < 1.29 is 14.3 Å². The third-order valence-corrected chi connectivity index (χ3v) is 4.43. The summed E-state index contributed by atoms with van der Waals surface area (Å²) in [5, 5.41) is 0. The number of likely N-dealkylation sites (tertiary alicyclic amines) is 1. The average Bonchev–Trinajstić information content (AvgIpc) is 2.94. The fourth-order valence-corrected chi connectivity index (χ4v) is 3.12. The van der Waals surface area contributed by atoms with Crippen LogP contribution < -0.4 is 4.90 Å². The summed E-state index contributed by atoms with van der Waals surface area (Å²) >= 11 is 0. The van der Waals surface area contributed by atoms with Crippen LogP contribution in [0.5, 0.6) is 0 Å². The van der Waals surface area contributed by atoms with Gasteiger partial charge in [0, 0.05) is 26.2 Å². The van der Waals surface area contributed by atoms with E-state index in [0.29, 0.717) is 24.9 Å². The quantitative estimate of drug-likeness (QED) is 0.855. The fourth-order valence-electron chi connectivity index (χ4n) is 3.12. The van der Waals surface area contributed by atoms with Gasteiger partial charge in [0.2, 0.25) is 5.91 Å². The number of carbonyl (C=O) groups is 2. The van der Waals surface area contributed by atoms with Crippen LogP contribution in [0.4, 0.5) is 10.6 Å². The van der Waals surface area contributed by atoms with E-state index in [1.54, 1.807) is 18.0 Å². The molecule has 3 rings (SSSR count). The van der Waals surface area contributed by atoms with Crippen molar-refractivity contribution in [1.29, 1.82) is 0 Å². The number of cyclic esters (lactones) is 1. The summed E-state index contributed by atoms with van der Waals surface area (Å²) in [5.41, 5.74) is 1.19. The monoisotopic (exact) mass is 303 g/mol. The summed E-state index contributed by atoms with van der Waals surface area (Å²) in [7, 11) is 0. The Bertz CT molecular complexity index is 568. The SMILES string of the molecule is CC(=O)N1CCC(Cc2ccnc(N3CCOC3=O)c2)CC1. The molecule has 0 atom stereocenters. The molecule has 1 aromatic heterocycles. The van der Waals surface area contributed by atoms with Crippen LogP contribution in [0.1, 0.15) is 25.3 Å². The van der Waals surface area contributed by atoms with Gasteiger partial charge in [-0.3, -0.25) is 9.69 Å². The molecule has 2 aliphatic rings. The first-order valence-electron chi connectivity index (χ1n) is 7.78. The van der Waals surface area contributed by atoms with Crippen molar-refractivity contribution in [3.63, 3.8) is 0 Å². The molecule has 1 aromatic rings. The highest BCUT2D eigenvalue weighted by Gasteiger charge is 2.25. The molecule has 0 N–H and O–H groups in total. The van der Waals surface area contributed by atoms with Gasteiger partial charge in [-0.05, 0) is 42.9 Å². The van der Waals surface area contributed by atoms with Crippen LogP contribution in [0.3, 0.4) is 0 Å². The van der Waals surface area contributed by atoms with Gasteiger partial charge < -0.3 is 9.64 Å². The second kappa shape index (κ2) is 6.34. The summed E-state index contributed by atoms with van der Waals surface area (Å²) in [5.74, 6) is 1.41. The second-order valence-corrected chi connectivity index (χ2v) is 5.94. The fraction of sp³-hybridized carbons (Fsp3) is 0.562. The van der Waals surface area contributed by atoms with E-state index in [1.165, 1.54) is 5.56 Å². The molecule has 0 radical (unpaired) electrons. The number of carbonyl (C=O) groups excluding carboxylic acids is 2. The molecule has 0 unspecified atom stereocenters. The van der Waals surface area contributed by atoms with Crippen molar-refractivity contribution in [2.45, 2.75) is 26.2 Å². The highest BCUT2D eigenvalue weighted by Crippen LogP contribution is 2.24. The van der Waals surface area contributed by atoms with Crippen LogP contribution in [0.15, 0.2) is 18.3 Å². The Balaban J connectivity index is 1.61. The maximum atomic E-state index is 11.6. The second-order valence-electron chi connectivity index (χ2n) is 5.94. The third kappa shape index (κ3) is 3.21. The van der Waals surface area contributed by atoms with E-state index in [4.69, 9.17) is 4.74 Å². The molecular formula is C16H21N3O3. The summed E-state index contributed by atoms with van der Waals surface area (Å²) in [6, 6.07) is 3.98. The lowest BCUT2D eigenvalue weighted by atomic mass is 9.90. The average molecular weight is 303 g/mol. The zero-order valence-corrected chi connectivity index (χ0v) is 12.8. The number of hydrogen-bond acceptors (Lipinski definition) is 4. The Kier molecular flexibility index (Phi) is 4.27. The van der Waals surface area contributed by atoms with Crippen molar-refractivity contribution in [3.05, 3.63) is 23.9 Å². The van der Waals surface area contributed by atoms with Gasteiger partial charge in [-0.1, -0.05) is 0 Å². The van der Waals surface area contributed by atoms with Gasteiger partial charge in [-0.25, -0.2) is 9.78 Å². The minimum Gasteiger partial charge on any atom is -0.447 e. The molecule has 2 aliphatic heterocycles. The molecule has 3 heterocycles. The maximum Gasteiger partial charge on any atom is 0.415 e. The van der Waals surface area contributed by atoms with Crippen molar-refractivity contribution in [2.75, 3.05) is 31.1 Å². The summed E-state index contributed by atoms with van der Waals surface area (Å²) in [6.07, 6.45) is 4.45. The molecule has 2 fully saturated rings. The molecule has 0 aromatic carbocycles. The lowest BCUT2D eigenvalue weighted by Crippen LogP contribution is -2.37. The van der Waals surface area contributed by atoms with E-state index in [1.807, 2.05) is 17.0 Å². The molecule has 0 aliphatic carbocycles. The molecule has 0 bridgehead atoms. The van der Waals surface area contributed by atoms with Crippen LogP contribution >= 0.6 is 0 Å². The molecule has 6 heteroatoms. The lowest BCUT2D eigenvalue weighted by molar-refractivity contribution is -0.130. The number of anilines is 1. The first-order chi connectivity index (χ1) is 10.6. The third-order valence-electron chi connectivity index (χ3n) is 4.43. The van der Waals surface area contributed by atoms with Gasteiger partial charge in [0.05, 0.1) is 6.54 Å². The summed E-state index contributed by atoms with van der Waals surface area (Å²) in [6.45, 7) is 4.30. The van der Waals surface area contributed by atoms with Crippen molar-refractivity contribution >= 4 is 17.8 Å². The molecular weight excluding hydrogens is 282 g/mol. The van der Waals surface area contributed by atoms with Gasteiger partial charge >= 0.3 is 6.09 Å². The first kappa shape index (κ1) is 14.8. The Morgan fingerprint density at radius 1 is 1.36 bits per heavy atom. The predicted octanol–water partition coefficient (Wildman–Crippen LogP) is 1.84. The number of amides is 2. The van der Waals surface area contributed by atoms with Crippen LogP contribution in [-0.4, -0.2) is 48.1 Å². The largest absolute Gasteiger partial charge is 0.447 e. The molecule has 2 saturated heterocycles. The van der Waals surface area contributed by atoms with Crippen molar-refractivity contribution in [1.82, 2.24) is 9.88 Å². The maximum absolute atomic E-state index is 11.6. The Hall–Kier alpha value is -2.11. The number of hydrogen-bond donors (Lipinski definition) is 0. The van der Waals surface area contributed by atoms with Gasteiger partial charge in [-0.15, -0.1) is 0 Å². The lowest BCUT2D eigenvalue weighted by Gasteiger charge is -2.31. The van der Waals surface area contributed by atoms with Crippen molar-refractivity contribution in [2.24, 2.45) is 5.92 Å².